The standard InChI is InChI=1S/C25H34N4O4S/c1-18-15-17-29(25(18,2)3)23-20(12-9-16-26-23)24(30)28-34(31,32)22-14-8-13-21(27-22)33-19-10-6-4-5-7-11-19/h8-9,12-14,16,18-19H,4-7,10-11,15,17H2,1-3H3,(H,28,30). The number of nitrogens with one attached hydrogen (secondary N) is 1. The van der Waals surface area contributed by atoms with Crippen LogP contribution in [0.3, 0.4) is 0 Å². The van der Waals surface area contributed by atoms with Crippen LogP contribution in [-0.2, 0) is 10.0 Å². The highest BCUT2D eigenvalue weighted by Crippen LogP contribution is 2.38. The zero-order chi connectivity index (χ0) is 24.3. The Kier molecular flexibility index (Phi) is 7.12. The zero-order valence-electron chi connectivity index (χ0n) is 20.2. The Balaban J connectivity index is 1.53. The summed E-state index contributed by atoms with van der Waals surface area (Å²) in [7, 11) is -4.19. The Labute approximate surface area is 202 Å². The number of carbonyl (C=O) groups excluding carboxylic acids is 1. The molecule has 34 heavy (non-hydrogen) atoms. The molecule has 1 amide bonds. The van der Waals surface area contributed by atoms with E-state index in [4.69, 9.17) is 4.74 Å². The van der Waals surface area contributed by atoms with Crippen molar-refractivity contribution in [3.63, 3.8) is 0 Å². The van der Waals surface area contributed by atoms with Crippen LogP contribution in [0.1, 0.15) is 76.1 Å². The Bertz CT molecular complexity index is 1130. The van der Waals surface area contributed by atoms with Crippen molar-refractivity contribution in [2.45, 2.75) is 82.4 Å². The van der Waals surface area contributed by atoms with Crippen LogP contribution in [-0.4, -0.2) is 42.5 Å². The fourth-order valence-electron chi connectivity index (χ4n) is 4.77. The second-order valence-electron chi connectivity index (χ2n) is 9.85. The maximum atomic E-state index is 13.1. The summed E-state index contributed by atoms with van der Waals surface area (Å²) in [4.78, 5) is 23.8. The summed E-state index contributed by atoms with van der Waals surface area (Å²) >= 11 is 0. The van der Waals surface area contributed by atoms with Gasteiger partial charge >= 0.3 is 0 Å². The molecule has 3 heterocycles. The van der Waals surface area contributed by atoms with Crippen molar-refractivity contribution >= 4 is 21.7 Å². The molecule has 4 rings (SSSR count). The first-order valence-electron chi connectivity index (χ1n) is 12.1. The van der Waals surface area contributed by atoms with Gasteiger partial charge < -0.3 is 9.64 Å². The van der Waals surface area contributed by atoms with Gasteiger partial charge in [0, 0.05) is 24.3 Å². The molecule has 1 unspecified atom stereocenters. The summed E-state index contributed by atoms with van der Waals surface area (Å²) in [5.74, 6) is 0.435. The second-order valence-corrected chi connectivity index (χ2v) is 11.5. The van der Waals surface area contributed by atoms with E-state index in [1.54, 1.807) is 30.5 Å². The molecule has 2 aromatic heterocycles. The number of nitrogens with zero attached hydrogens (tertiary/aromatic N) is 3. The summed E-state index contributed by atoms with van der Waals surface area (Å²) in [6.45, 7) is 7.15. The number of hydrogen-bond donors (Lipinski definition) is 1. The van der Waals surface area contributed by atoms with Gasteiger partial charge in [0.25, 0.3) is 15.9 Å². The summed E-state index contributed by atoms with van der Waals surface area (Å²) < 4.78 is 34.2. The van der Waals surface area contributed by atoms with Crippen molar-refractivity contribution in [2.75, 3.05) is 11.4 Å². The zero-order valence-corrected chi connectivity index (χ0v) is 21.0. The van der Waals surface area contributed by atoms with E-state index in [0.29, 0.717) is 11.7 Å². The summed E-state index contributed by atoms with van der Waals surface area (Å²) in [5, 5.41) is -0.243. The molecule has 1 saturated heterocycles. The molecule has 0 bridgehead atoms. The number of rotatable bonds is 6. The van der Waals surface area contributed by atoms with Gasteiger partial charge in [-0.15, -0.1) is 0 Å². The van der Waals surface area contributed by atoms with E-state index in [-0.39, 0.29) is 28.1 Å². The van der Waals surface area contributed by atoms with Crippen LogP contribution < -0.4 is 14.4 Å². The highest BCUT2D eigenvalue weighted by Gasteiger charge is 2.40. The molecule has 9 heteroatoms. The molecular formula is C25H34N4O4S. The third-order valence-electron chi connectivity index (χ3n) is 7.26. The molecular weight excluding hydrogens is 452 g/mol. The smallest absolute Gasteiger partial charge is 0.281 e. The van der Waals surface area contributed by atoms with E-state index in [0.717, 1.165) is 38.6 Å². The maximum Gasteiger partial charge on any atom is 0.281 e. The van der Waals surface area contributed by atoms with Crippen molar-refractivity contribution in [3.05, 3.63) is 42.1 Å². The number of anilines is 1. The molecule has 2 fully saturated rings. The first-order valence-corrected chi connectivity index (χ1v) is 13.6. The molecule has 184 valence electrons. The lowest BCUT2D eigenvalue weighted by atomic mass is 9.90. The number of aromatic nitrogens is 2. The van der Waals surface area contributed by atoms with Crippen molar-refractivity contribution in [2.24, 2.45) is 5.92 Å². The van der Waals surface area contributed by atoms with E-state index in [2.05, 4.69) is 40.4 Å². The van der Waals surface area contributed by atoms with Gasteiger partial charge in [-0.25, -0.2) is 9.71 Å². The number of hydrogen-bond acceptors (Lipinski definition) is 7. The summed E-state index contributed by atoms with van der Waals surface area (Å²) in [6.07, 6.45) is 9.07. The minimum Gasteiger partial charge on any atom is -0.474 e. The highest BCUT2D eigenvalue weighted by atomic mass is 32.2. The Morgan fingerprint density at radius 3 is 2.50 bits per heavy atom. The van der Waals surface area contributed by atoms with E-state index < -0.39 is 15.9 Å². The molecule has 0 spiro atoms. The van der Waals surface area contributed by atoms with Crippen molar-refractivity contribution in [3.8, 4) is 5.88 Å². The van der Waals surface area contributed by atoms with Crippen LogP contribution in [0.4, 0.5) is 5.82 Å². The van der Waals surface area contributed by atoms with E-state index >= 15 is 0 Å². The third kappa shape index (κ3) is 5.19. The second kappa shape index (κ2) is 9.90. The first-order chi connectivity index (χ1) is 16.2. The van der Waals surface area contributed by atoms with Gasteiger partial charge in [-0.2, -0.15) is 13.4 Å². The lowest BCUT2D eigenvalue weighted by Gasteiger charge is -2.36. The molecule has 1 N–H and O–H groups in total. The topological polar surface area (TPSA) is 101 Å². The molecule has 1 saturated carbocycles. The number of amides is 1. The molecule has 2 aromatic rings. The van der Waals surface area contributed by atoms with Crippen LogP contribution in [0, 0.1) is 5.92 Å². The molecule has 1 aliphatic heterocycles. The van der Waals surface area contributed by atoms with Crippen LogP contribution in [0.5, 0.6) is 5.88 Å². The van der Waals surface area contributed by atoms with E-state index in [9.17, 15) is 13.2 Å². The number of pyridine rings is 2. The van der Waals surface area contributed by atoms with Gasteiger partial charge in [-0.3, -0.25) is 4.79 Å². The lowest BCUT2D eigenvalue weighted by Crippen LogP contribution is -2.43. The van der Waals surface area contributed by atoms with Crippen LogP contribution in [0.15, 0.2) is 41.6 Å². The van der Waals surface area contributed by atoms with Gasteiger partial charge in [0.15, 0.2) is 5.03 Å². The van der Waals surface area contributed by atoms with E-state index in [1.165, 1.54) is 18.9 Å². The largest absolute Gasteiger partial charge is 0.474 e. The van der Waals surface area contributed by atoms with Crippen molar-refractivity contribution in [1.82, 2.24) is 14.7 Å². The Hall–Kier alpha value is -2.68. The predicted molar refractivity (Wildman–Crippen MR) is 130 cm³/mol. The quantitative estimate of drug-likeness (QED) is 0.607. The molecule has 8 nitrogen and oxygen atoms in total. The lowest BCUT2D eigenvalue weighted by molar-refractivity contribution is 0.0981. The average Bonchev–Trinajstić information content (AvgIpc) is 2.96. The number of sulfonamides is 1. The number of carbonyl (C=O) groups is 1. The van der Waals surface area contributed by atoms with Gasteiger partial charge in [0.1, 0.15) is 11.9 Å². The fraction of sp³-hybridized carbons (Fsp3) is 0.560. The minimum atomic E-state index is -4.19. The van der Waals surface area contributed by atoms with Gasteiger partial charge in [-0.05, 0) is 70.1 Å². The predicted octanol–water partition coefficient (Wildman–Crippen LogP) is 4.32. The molecule has 1 aliphatic carbocycles. The van der Waals surface area contributed by atoms with Crippen LogP contribution in [0.2, 0.25) is 0 Å². The highest BCUT2D eigenvalue weighted by molar-refractivity contribution is 7.90. The van der Waals surface area contributed by atoms with E-state index in [1.807, 2.05) is 0 Å². The first kappa shape index (κ1) is 24.4. The number of ether oxygens (including phenoxy) is 1. The fourth-order valence-corrected chi connectivity index (χ4v) is 5.70. The van der Waals surface area contributed by atoms with Crippen molar-refractivity contribution < 1.29 is 17.9 Å². The van der Waals surface area contributed by atoms with Gasteiger partial charge in [0.05, 0.1) is 5.56 Å². The summed E-state index contributed by atoms with van der Waals surface area (Å²) in [5.41, 5.74) is 0.0205. The molecule has 1 atom stereocenters. The SMILES string of the molecule is CC1CCN(c2ncccc2C(=O)NS(=O)(=O)c2cccc(OC3CCCCCC3)n2)C1(C)C. The molecule has 0 radical (unpaired) electrons. The van der Waals surface area contributed by atoms with Crippen molar-refractivity contribution in [1.29, 1.82) is 0 Å². The van der Waals surface area contributed by atoms with Gasteiger partial charge in [-0.1, -0.05) is 25.8 Å². The Morgan fingerprint density at radius 2 is 1.82 bits per heavy atom. The average molecular weight is 487 g/mol. The van der Waals surface area contributed by atoms with Crippen LogP contribution in [0.25, 0.3) is 0 Å². The molecule has 2 aliphatic rings. The van der Waals surface area contributed by atoms with Crippen LogP contribution >= 0.6 is 0 Å². The Morgan fingerprint density at radius 1 is 1.09 bits per heavy atom. The normalized spacial score (nSPS) is 21.1. The minimum absolute atomic E-state index is 0.0340. The van der Waals surface area contributed by atoms with Gasteiger partial charge in [0.2, 0.25) is 5.88 Å². The third-order valence-corrected chi connectivity index (χ3v) is 8.50. The monoisotopic (exact) mass is 486 g/mol. The summed E-state index contributed by atoms with van der Waals surface area (Å²) in [6, 6.07) is 7.84. The maximum absolute atomic E-state index is 13.1. The molecule has 0 aromatic carbocycles.